The third kappa shape index (κ3) is 2.01. The molecule has 0 saturated carbocycles. The highest BCUT2D eigenvalue weighted by Crippen LogP contribution is 2.27. The minimum Gasteiger partial charge on any atom is -0.386 e. The highest BCUT2D eigenvalue weighted by atomic mass is 35.5. The number of nitrogens with one attached hydrogen (secondary N) is 2. The Morgan fingerprint density at radius 3 is 2.54 bits per heavy atom. The van der Waals surface area contributed by atoms with Crippen LogP contribution in [0.2, 0.25) is 5.02 Å². The Balaban J connectivity index is 3.38. The molecular formula is C10H13ClN2. The lowest BCUT2D eigenvalue weighted by molar-refractivity contribution is 1.38. The van der Waals surface area contributed by atoms with Crippen LogP contribution in [0.15, 0.2) is 12.1 Å². The SMILES string of the molecule is CNc1c(Cl)cc(C)cc1C(C)=N. The third-order valence-corrected chi connectivity index (χ3v) is 2.19. The molecule has 0 aliphatic carbocycles. The maximum absolute atomic E-state index is 7.57. The van der Waals surface area contributed by atoms with Crippen molar-refractivity contribution in [3.8, 4) is 0 Å². The van der Waals surface area contributed by atoms with Gasteiger partial charge in [-0.3, -0.25) is 0 Å². The number of anilines is 1. The van der Waals surface area contributed by atoms with Crippen LogP contribution in [0.3, 0.4) is 0 Å². The van der Waals surface area contributed by atoms with Crippen LogP contribution < -0.4 is 5.32 Å². The van der Waals surface area contributed by atoms with Crippen LogP contribution in [-0.2, 0) is 0 Å². The van der Waals surface area contributed by atoms with E-state index >= 15 is 0 Å². The molecule has 70 valence electrons. The topological polar surface area (TPSA) is 35.9 Å². The summed E-state index contributed by atoms with van der Waals surface area (Å²) in [5, 5.41) is 11.2. The van der Waals surface area contributed by atoms with Crippen molar-refractivity contribution in [2.24, 2.45) is 0 Å². The van der Waals surface area contributed by atoms with Gasteiger partial charge in [-0.25, -0.2) is 0 Å². The molecule has 0 atom stereocenters. The van der Waals surface area contributed by atoms with Crippen LogP contribution in [0.1, 0.15) is 18.1 Å². The van der Waals surface area contributed by atoms with Crippen LogP contribution in [-0.4, -0.2) is 12.8 Å². The van der Waals surface area contributed by atoms with Gasteiger partial charge in [0, 0.05) is 18.3 Å². The number of rotatable bonds is 2. The molecule has 0 spiro atoms. The van der Waals surface area contributed by atoms with E-state index in [1.54, 1.807) is 6.92 Å². The fraction of sp³-hybridized carbons (Fsp3) is 0.300. The first-order valence-corrected chi connectivity index (χ1v) is 4.47. The van der Waals surface area contributed by atoms with Crippen LogP contribution in [0, 0.1) is 12.3 Å². The zero-order valence-corrected chi connectivity index (χ0v) is 8.79. The quantitative estimate of drug-likeness (QED) is 0.701. The maximum Gasteiger partial charge on any atom is 0.0646 e. The van der Waals surface area contributed by atoms with Gasteiger partial charge in [-0.1, -0.05) is 11.6 Å². The van der Waals surface area contributed by atoms with E-state index in [4.69, 9.17) is 17.0 Å². The Morgan fingerprint density at radius 1 is 1.46 bits per heavy atom. The summed E-state index contributed by atoms with van der Waals surface area (Å²) in [6.45, 7) is 3.73. The Morgan fingerprint density at radius 2 is 2.08 bits per heavy atom. The summed E-state index contributed by atoms with van der Waals surface area (Å²) >= 11 is 6.02. The van der Waals surface area contributed by atoms with Gasteiger partial charge in [0.15, 0.2) is 0 Å². The second-order valence-electron chi connectivity index (χ2n) is 3.04. The molecule has 1 aromatic carbocycles. The van der Waals surface area contributed by atoms with Crippen molar-refractivity contribution in [2.75, 3.05) is 12.4 Å². The molecule has 1 aromatic rings. The van der Waals surface area contributed by atoms with Gasteiger partial charge in [-0.15, -0.1) is 0 Å². The number of aryl methyl sites for hydroxylation is 1. The van der Waals surface area contributed by atoms with E-state index in [2.05, 4.69) is 5.32 Å². The highest BCUT2D eigenvalue weighted by Gasteiger charge is 2.07. The van der Waals surface area contributed by atoms with Gasteiger partial charge in [0.05, 0.1) is 10.7 Å². The lowest BCUT2D eigenvalue weighted by atomic mass is 10.1. The molecule has 3 heteroatoms. The molecule has 0 unspecified atom stereocenters. The maximum atomic E-state index is 7.57. The van der Waals surface area contributed by atoms with E-state index in [1.165, 1.54) is 0 Å². The van der Waals surface area contributed by atoms with Crippen molar-refractivity contribution in [3.05, 3.63) is 28.3 Å². The smallest absolute Gasteiger partial charge is 0.0646 e. The zero-order chi connectivity index (χ0) is 10.0. The zero-order valence-electron chi connectivity index (χ0n) is 8.03. The molecule has 0 aromatic heterocycles. The fourth-order valence-corrected chi connectivity index (χ4v) is 1.66. The molecular weight excluding hydrogens is 184 g/mol. The number of benzene rings is 1. The second-order valence-corrected chi connectivity index (χ2v) is 3.45. The first-order valence-electron chi connectivity index (χ1n) is 4.09. The third-order valence-electron chi connectivity index (χ3n) is 1.89. The summed E-state index contributed by atoms with van der Waals surface area (Å²) in [4.78, 5) is 0. The number of hydrogen-bond donors (Lipinski definition) is 2. The molecule has 0 aliphatic rings. The Kier molecular flexibility index (Phi) is 2.94. The molecule has 13 heavy (non-hydrogen) atoms. The first kappa shape index (κ1) is 10.1. The Bertz CT molecular complexity index is 345. The summed E-state index contributed by atoms with van der Waals surface area (Å²) < 4.78 is 0. The monoisotopic (exact) mass is 196 g/mol. The van der Waals surface area contributed by atoms with E-state index < -0.39 is 0 Å². The van der Waals surface area contributed by atoms with Gasteiger partial charge >= 0.3 is 0 Å². The lowest BCUT2D eigenvalue weighted by Gasteiger charge is -2.10. The Hall–Kier alpha value is -1.02. The fourth-order valence-electron chi connectivity index (χ4n) is 1.29. The van der Waals surface area contributed by atoms with Crippen molar-refractivity contribution < 1.29 is 0 Å². The number of halogens is 1. The van der Waals surface area contributed by atoms with Crippen LogP contribution in [0.25, 0.3) is 0 Å². The van der Waals surface area contributed by atoms with Crippen LogP contribution in [0.4, 0.5) is 5.69 Å². The van der Waals surface area contributed by atoms with Gasteiger partial charge in [0.1, 0.15) is 0 Å². The summed E-state index contributed by atoms with van der Waals surface area (Å²) in [7, 11) is 1.81. The lowest BCUT2D eigenvalue weighted by Crippen LogP contribution is -2.01. The van der Waals surface area contributed by atoms with Crippen molar-refractivity contribution in [1.29, 1.82) is 5.41 Å². The van der Waals surface area contributed by atoms with Gasteiger partial charge in [-0.2, -0.15) is 0 Å². The summed E-state index contributed by atoms with van der Waals surface area (Å²) in [6.07, 6.45) is 0. The van der Waals surface area contributed by atoms with Crippen molar-refractivity contribution in [1.82, 2.24) is 0 Å². The summed E-state index contributed by atoms with van der Waals surface area (Å²) in [6, 6.07) is 3.85. The molecule has 0 saturated heterocycles. The van der Waals surface area contributed by atoms with Gasteiger partial charge in [-0.05, 0) is 31.5 Å². The van der Waals surface area contributed by atoms with Crippen molar-refractivity contribution in [3.63, 3.8) is 0 Å². The van der Waals surface area contributed by atoms with Crippen molar-refractivity contribution in [2.45, 2.75) is 13.8 Å². The first-order chi connectivity index (χ1) is 6.06. The second kappa shape index (κ2) is 3.79. The van der Waals surface area contributed by atoms with E-state index in [9.17, 15) is 0 Å². The van der Waals surface area contributed by atoms with Gasteiger partial charge in [0.25, 0.3) is 0 Å². The average Bonchev–Trinajstić information content (AvgIpc) is 2.02. The minimum atomic E-state index is 0.523. The molecule has 0 bridgehead atoms. The Labute approximate surface area is 83.4 Å². The van der Waals surface area contributed by atoms with Crippen molar-refractivity contribution >= 4 is 23.0 Å². The molecule has 1 rings (SSSR count). The summed E-state index contributed by atoms with van der Waals surface area (Å²) in [5.74, 6) is 0. The molecule has 2 nitrogen and oxygen atoms in total. The predicted molar refractivity (Wildman–Crippen MR) is 58.2 cm³/mol. The molecule has 0 heterocycles. The van der Waals surface area contributed by atoms with E-state index in [1.807, 2.05) is 26.1 Å². The van der Waals surface area contributed by atoms with E-state index in [-0.39, 0.29) is 0 Å². The molecule has 0 radical (unpaired) electrons. The van der Waals surface area contributed by atoms with E-state index in [0.717, 1.165) is 16.8 Å². The average molecular weight is 197 g/mol. The van der Waals surface area contributed by atoms with E-state index in [0.29, 0.717) is 10.7 Å². The highest BCUT2D eigenvalue weighted by molar-refractivity contribution is 6.34. The number of hydrogen-bond acceptors (Lipinski definition) is 2. The standard InChI is InChI=1S/C10H13ClN2/c1-6-4-8(7(2)12)10(13-3)9(11)5-6/h4-5,12-13H,1-3H3. The molecule has 2 N–H and O–H groups in total. The van der Waals surface area contributed by atoms with Gasteiger partial charge < -0.3 is 10.7 Å². The minimum absolute atomic E-state index is 0.523. The van der Waals surface area contributed by atoms with Crippen LogP contribution >= 0.6 is 11.6 Å². The molecule has 0 aliphatic heterocycles. The van der Waals surface area contributed by atoms with Crippen LogP contribution in [0.5, 0.6) is 0 Å². The molecule has 0 fully saturated rings. The molecule has 0 amide bonds. The normalized spacial score (nSPS) is 9.85. The predicted octanol–water partition coefficient (Wildman–Crippen LogP) is 3.08. The summed E-state index contributed by atoms with van der Waals surface area (Å²) in [5.41, 5.74) is 3.30. The largest absolute Gasteiger partial charge is 0.386 e. The van der Waals surface area contributed by atoms with Gasteiger partial charge in [0.2, 0.25) is 0 Å².